The lowest BCUT2D eigenvalue weighted by atomic mass is 10.1. The Morgan fingerprint density at radius 3 is 2.52 bits per heavy atom. The number of urea groups is 1. The first-order valence-corrected chi connectivity index (χ1v) is 15.2. The van der Waals surface area contributed by atoms with Gasteiger partial charge < -0.3 is 4.43 Å². The Labute approximate surface area is 203 Å². The minimum atomic E-state index is -1.88. The van der Waals surface area contributed by atoms with Gasteiger partial charge in [-0.2, -0.15) is 4.98 Å². The van der Waals surface area contributed by atoms with E-state index in [-0.39, 0.29) is 28.5 Å². The van der Waals surface area contributed by atoms with Crippen LogP contribution in [0, 0.1) is 0 Å². The number of aromatic nitrogens is 2. The van der Waals surface area contributed by atoms with E-state index in [4.69, 9.17) is 16.0 Å². The van der Waals surface area contributed by atoms with Gasteiger partial charge in [0.15, 0.2) is 8.32 Å². The maximum atomic E-state index is 13.8. The predicted octanol–water partition coefficient (Wildman–Crippen LogP) is 6.58. The molecule has 178 valence electrons. The van der Waals surface area contributed by atoms with E-state index < -0.39 is 8.32 Å². The van der Waals surface area contributed by atoms with E-state index in [0.717, 1.165) is 36.9 Å². The van der Waals surface area contributed by atoms with Gasteiger partial charge in [0.25, 0.3) is 0 Å². The smallest absolute Gasteiger partial charge is 0.330 e. The zero-order valence-corrected chi connectivity index (χ0v) is 22.3. The fourth-order valence-electron chi connectivity index (χ4n) is 4.45. The minimum absolute atomic E-state index is 0.0229. The molecule has 0 radical (unpaired) electrons. The number of carbonyl (C=O) groups is 1. The van der Waals surface area contributed by atoms with Gasteiger partial charge in [0, 0.05) is 29.6 Å². The quantitative estimate of drug-likeness (QED) is 0.353. The highest BCUT2D eigenvalue weighted by Crippen LogP contribution is 2.42. The first-order chi connectivity index (χ1) is 15.5. The molecule has 4 rings (SSSR count). The number of rotatable bonds is 5. The second kappa shape index (κ2) is 9.00. The first kappa shape index (κ1) is 24.2. The van der Waals surface area contributed by atoms with Crippen LogP contribution in [0.4, 0.5) is 16.3 Å². The molecule has 0 bridgehead atoms. The lowest BCUT2D eigenvalue weighted by molar-refractivity contribution is 0.186. The van der Waals surface area contributed by atoms with Gasteiger partial charge >= 0.3 is 6.03 Å². The highest BCUT2D eigenvalue weighted by molar-refractivity contribution is 6.74. The summed E-state index contributed by atoms with van der Waals surface area (Å²) in [6, 6.07) is 8.18. The molecule has 2 amide bonds. The zero-order chi connectivity index (χ0) is 24.0. The van der Waals surface area contributed by atoms with Crippen molar-refractivity contribution in [3.05, 3.63) is 46.9 Å². The van der Waals surface area contributed by atoms with Crippen molar-refractivity contribution in [2.45, 2.75) is 90.2 Å². The number of anilines is 2. The van der Waals surface area contributed by atoms with Crippen LogP contribution in [0.5, 0.6) is 0 Å². The fraction of sp³-hybridized carbons (Fsp3) is 0.560. The second-order valence-electron chi connectivity index (χ2n) is 10.7. The van der Waals surface area contributed by atoms with Crippen molar-refractivity contribution in [3.63, 3.8) is 0 Å². The van der Waals surface area contributed by atoms with Gasteiger partial charge in [-0.1, -0.05) is 39.8 Å². The zero-order valence-electron chi connectivity index (χ0n) is 20.6. The predicted molar refractivity (Wildman–Crippen MR) is 137 cm³/mol. The average Bonchev–Trinajstić information content (AvgIpc) is 3.20. The summed E-state index contributed by atoms with van der Waals surface area (Å²) < 4.78 is 6.70. The normalized spacial score (nSPS) is 21.5. The average molecular weight is 487 g/mol. The van der Waals surface area contributed by atoms with E-state index in [2.05, 4.69) is 62.9 Å². The van der Waals surface area contributed by atoms with E-state index in [1.165, 1.54) is 5.56 Å². The summed E-state index contributed by atoms with van der Waals surface area (Å²) in [6.07, 6.45) is 5.50. The van der Waals surface area contributed by atoms with Crippen molar-refractivity contribution in [2.75, 3.05) is 9.80 Å². The SMILES string of the molecule is CCc1ccc(N2Cc3cnc(Cl)nc3N([C@H]3CC[C@H](O[Si](C)(C)C(C)(C)C)C3)C2=O)cc1. The molecule has 1 aromatic heterocycles. The van der Waals surface area contributed by atoms with E-state index in [9.17, 15) is 4.79 Å². The molecule has 2 heterocycles. The lowest BCUT2D eigenvalue weighted by Gasteiger charge is -2.40. The number of hydrogen-bond donors (Lipinski definition) is 0. The number of halogens is 1. The van der Waals surface area contributed by atoms with Crippen LogP contribution in [0.3, 0.4) is 0 Å². The molecular formula is C25H35ClN4O2Si. The molecule has 0 saturated heterocycles. The topological polar surface area (TPSA) is 58.6 Å². The molecule has 2 aliphatic rings. The van der Waals surface area contributed by atoms with E-state index >= 15 is 0 Å². The van der Waals surface area contributed by atoms with Crippen LogP contribution in [0.2, 0.25) is 23.4 Å². The summed E-state index contributed by atoms with van der Waals surface area (Å²) in [6.45, 7) is 13.9. The van der Waals surface area contributed by atoms with E-state index in [0.29, 0.717) is 12.4 Å². The molecule has 0 unspecified atom stereocenters. The van der Waals surface area contributed by atoms with Crippen molar-refractivity contribution in [3.8, 4) is 0 Å². The summed E-state index contributed by atoms with van der Waals surface area (Å²) >= 11 is 6.16. The van der Waals surface area contributed by atoms with Crippen LogP contribution < -0.4 is 9.80 Å². The summed E-state index contributed by atoms with van der Waals surface area (Å²) in [5.74, 6) is 0.638. The second-order valence-corrected chi connectivity index (χ2v) is 15.8. The molecule has 33 heavy (non-hydrogen) atoms. The number of fused-ring (bicyclic) bond motifs is 1. The summed E-state index contributed by atoms with van der Waals surface area (Å²) in [5, 5.41) is 0.320. The maximum Gasteiger partial charge on any atom is 0.330 e. The molecule has 1 aliphatic carbocycles. The van der Waals surface area contributed by atoms with Crippen molar-refractivity contribution in [2.24, 2.45) is 0 Å². The van der Waals surface area contributed by atoms with Crippen molar-refractivity contribution >= 4 is 37.5 Å². The third-order valence-corrected chi connectivity index (χ3v) is 12.2. The first-order valence-electron chi connectivity index (χ1n) is 11.9. The standard InChI is InChI=1S/C25H35ClN4O2Si/c1-7-17-8-10-19(11-9-17)29-16-18-15-27-23(26)28-22(18)30(24(29)31)20-12-13-21(14-20)32-33(5,6)25(2,3)4/h8-11,15,20-21H,7,12-14,16H2,1-6H3/t20-,21-/m0/s1. The van der Waals surface area contributed by atoms with E-state index in [1.54, 1.807) is 6.20 Å². The van der Waals surface area contributed by atoms with Gasteiger partial charge in [0.05, 0.1) is 6.54 Å². The molecule has 2 aromatic rings. The number of nitrogens with zero attached hydrogens (tertiary/aromatic N) is 4. The van der Waals surface area contributed by atoms with Gasteiger partial charge in [-0.15, -0.1) is 0 Å². The molecule has 0 N–H and O–H groups in total. The van der Waals surface area contributed by atoms with Crippen molar-refractivity contribution in [1.29, 1.82) is 0 Å². The number of amides is 2. The van der Waals surface area contributed by atoms with Crippen LogP contribution in [-0.2, 0) is 17.4 Å². The third-order valence-electron chi connectivity index (χ3n) is 7.45. The van der Waals surface area contributed by atoms with Gasteiger partial charge in [-0.05, 0) is 73.1 Å². The number of carbonyl (C=O) groups excluding carboxylic acids is 1. The number of benzene rings is 1. The van der Waals surface area contributed by atoms with Gasteiger partial charge in [-0.3, -0.25) is 9.80 Å². The number of aryl methyl sites for hydroxylation is 1. The molecule has 2 atom stereocenters. The third kappa shape index (κ3) is 4.81. The molecule has 1 aliphatic heterocycles. The molecular weight excluding hydrogens is 452 g/mol. The largest absolute Gasteiger partial charge is 0.414 e. The molecule has 1 saturated carbocycles. The van der Waals surface area contributed by atoms with Crippen LogP contribution in [0.1, 0.15) is 58.1 Å². The Morgan fingerprint density at radius 2 is 1.88 bits per heavy atom. The Bertz CT molecular complexity index is 1020. The van der Waals surface area contributed by atoms with Crippen LogP contribution >= 0.6 is 11.6 Å². The lowest BCUT2D eigenvalue weighted by Crippen LogP contribution is -2.52. The molecule has 1 fully saturated rings. The van der Waals surface area contributed by atoms with Crippen molar-refractivity contribution in [1.82, 2.24) is 9.97 Å². The molecule has 1 aromatic carbocycles. The van der Waals surface area contributed by atoms with Crippen LogP contribution in [0.15, 0.2) is 30.5 Å². The Balaban J connectivity index is 1.62. The van der Waals surface area contributed by atoms with Gasteiger partial charge in [-0.25, -0.2) is 9.78 Å². The summed E-state index contributed by atoms with van der Waals surface area (Å²) in [5.41, 5.74) is 3.04. The Morgan fingerprint density at radius 1 is 1.18 bits per heavy atom. The number of hydrogen-bond acceptors (Lipinski definition) is 4. The fourth-order valence-corrected chi connectivity index (χ4v) is 5.98. The monoisotopic (exact) mass is 486 g/mol. The summed E-state index contributed by atoms with van der Waals surface area (Å²) in [4.78, 5) is 26.2. The summed E-state index contributed by atoms with van der Waals surface area (Å²) in [7, 11) is -1.88. The Hall–Kier alpha value is -1.96. The van der Waals surface area contributed by atoms with Crippen molar-refractivity contribution < 1.29 is 9.22 Å². The van der Waals surface area contributed by atoms with Crippen LogP contribution in [0.25, 0.3) is 0 Å². The highest BCUT2D eigenvalue weighted by atomic mass is 35.5. The van der Waals surface area contributed by atoms with Gasteiger partial charge in [0.2, 0.25) is 5.28 Å². The molecule has 8 heteroatoms. The molecule has 0 spiro atoms. The maximum absolute atomic E-state index is 13.8. The van der Waals surface area contributed by atoms with Crippen LogP contribution in [-0.4, -0.2) is 36.5 Å². The molecule has 6 nitrogen and oxygen atoms in total. The highest BCUT2D eigenvalue weighted by Gasteiger charge is 2.44. The van der Waals surface area contributed by atoms with Gasteiger partial charge in [0.1, 0.15) is 5.82 Å². The Kier molecular flexibility index (Phi) is 6.59. The minimum Gasteiger partial charge on any atom is -0.414 e. The van der Waals surface area contributed by atoms with E-state index in [1.807, 2.05) is 21.9 Å².